The second kappa shape index (κ2) is 5.78. The average Bonchev–Trinajstić information content (AvgIpc) is 3.05. The van der Waals surface area contributed by atoms with Crippen LogP contribution >= 0.6 is 0 Å². The van der Waals surface area contributed by atoms with Crippen molar-refractivity contribution in [2.45, 2.75) is 33.4 Å². The fourth-order valence-corrected chi connectivity index (χ4v) is 1.90. The zero-order chi connectivity index (χ0) is 15.6. The summed E-state index contributed by atoms with van der Waals surface area (Å²) < 4.78 is 2.89. The summed E-state index contributed by atoms with van der Waals surface area (Å²) in [4.78, 5) is 23.3. The molecule has 0 saturated heterocycles. The summed E-state index contributed by atoms with van der Waals surface area (Å²) in [5, 5.41) is 19.9. The van der Waals surface area contributed by atoms with E-state index >= 15 is 0 Å². The molecule has 2 heterocycles. The van der Waals surface area contributed by atoms with Crippen LogP contribution in [0.15, 0.2) is 18.5 Å². The third-order valence-electron chi connectivity index (χ3n) is 3.15. The summed E-state index contributed by atoms with van der Waals surface area (Å²) in [5.74, 6) is -1.47. The Balaban J connectivity index is 2.23. The van der Waals surface area contributed by atoms with Crippen molar-refractivity contribution in [1.29, 1.82) is 0 Å². The number of nitrogens with one attached hydrogen (secondary N) is 1. The molecule has 2 aromatic rings. The number of aryl methyl sites for hydroxylation is 2. The van der Waals surface area contributed by atoms with Crippen LogP contribution in [0, 0.1) is 6.92 Å². The van der Waals surface area contributed by atoms with E-state index in [4.69, 9.17) is 5.11 Å². The third-order valence-corrected chi connectivity index (χ3v) is 3.15. The SMILES string of the molecule is CCn1cc(NC(=O)c2ccnn2C(C)C(=O)O)c(C)n1. The van der Waals surface area contributed by atoms with E-state index in [0.717, 1.165) is 0 Å². The maximum Gasteiger partial charge on any atom is 0.328 e. The Morgan fingerprint density at radius 3 is 2.76 bits per heavy atom. The number of hydrogen-bond acceptors (Lipinski definition) is 4. The van der Waals surface area contributed by atoms with Crippen LogP contribution in [0.1, 0.15) is 36.1 Å². The molecule has 0 aliphatic rings. The van der Waals surface area contributed by atoms with Crippen LogP contribution in [0.3, 0.4) is 0 Å². The molecular weight excluding hydrogens is 274 g/mol. The Bertz CT molecular complexity index is 673. The number of amides is 1. The summed E-state index contributed by atoms with van der Waals surface area (Å²) in [6.07, 6.45) is 3.13. The predicted octanol–water partition coefficient (Wildman–Crippen LogP) is 1.31. The lowest BCUT2D eigenvalue weighted by Crippen LogP contribution is -2.24. The van der Waals surface area contributed by atoms with Gasteiger partial charge in [0.1, 0.15) is 11.7 Å². The molecule has 0 spiro atoms. The van der Waals surface area contributed by atoms with Crippen molar-refractivity contribution in [3.05, 3.63) is 29.8 Å². The average molecular weight is 291 g/mol. The van der Waals surface area contributed by atoms with E-state index in [9.17, 15) is 9.59 Å². The monoisotopic (exact) mass is 291 g/mol. The lowest BCUT2D eigenvalue weighted by molar-refractivity contribution is -0.140. The Morgan fingerprint density at radius 1 is 1.48 bits per heavy atom. The smallest absolute Gasteiger partial charge is 0.328 e. The number of anilines is 1. The predicted molar refractivity (Wildman–Crippen MR) is 75.2 cm³/mol. The van der Waals surface area contributed by atoms with Crippen LogP contribution in [0.4, 0.5) is 5.69 Å². The molecule has 0 aliphatic carbocycles. The van der Waals surface area contributed by atoms with Gasteiger partial charge in [-0.1, -0.05) is 0 Å². The molecule has 2 N–H and O–H groups in total. The van der Waals surface area contributed by atoms with Crippen LogP contribution < -0.4 is 5.32 Å². The molecule has 0 aromatic carbocycles. The van der Waals surface area contributed by atoms with Crippen LogP contribution in [0.5, 0.6) is 0 Å². The molecule has 21 heavy (non-hydrogen) atoms. The number of aliphatic carboxylic acids is 1. The molecule has 0 radical (unpaired) electrons. The quantitative estimate of drug-likeness (QED) is 0.864. The Morgan fingerprint density at radius 2 is 2.19 bits per heavy atom. The van der Waals surface area contributed by atoms with Gasteiger partial charge in [-0.25, -0.2) is 9.48 Å². The molecule has 1 unspecified atom stereocenters. The molecule has 112 valence electrons. The molecule has 1 atom stereocenters. The second-order valence-electron chi connectivity index (χ2n) is 4.61. The normalized spacial score (nSPS) is 12.1. The van der Waals surface area contributed by atoms with Crippen LogP contribution in [0.2, 0.25) is 0 Å². The second-order valence-corrected chi connectivity index (χ2v) is 4.61. The van der Waals surface area contributed by atoms with Gasteiger partial charge >= 0.3 is 5.97 Å². The molecule has 2 aromatic heterocycles. The van der Waals surface area contributed by atoms with Gasteiger partial charge in [-0.05, 0) is 26.8 Å². The number of nitrogens with zero attached hydrogens (tertiary/aromatic N) is 4. The van der Waals surface area contributed by atoms with E-state index in [1.807, 2.05) is 6.92 Å². The molecule has 8 nitrogen and oxygen atoms in total. The number of carbonyl (C=O) groups excluding carboxylic acids is 1. The van der Waals surface area contributed by atoms with Gasteiger partial charge in [0.2, 0.25) is 0 Å². The largest absolute Gasteiger partial charge is 0.480 e. The van der Waals surface area contributed by atoms with E-state index in [1.165, 1.54) is 23.9 Å². The van der Waals surface area contributed by atoms with E-state index in [2.05, 4.69) is 15.5 Å². The molecule has 0 aliphatic heterocycles. The highest BCUT2D eigenvalue weighted by atomic mass is 16.4. The highest BCUT2D eigenvalue weighted by Crippen LogP contribution is 2.15. The highest BCUT2D eigenvalue weighted by Gasteiger charge is 2.21. The van der Waals surface area contributed by atoms with Gasteiger partial charge in [0.25, 0.3) is 5.91 Å². The van der Waals surface area contributed by atoms with Gasteiger partial charge in [0.15, 0.2) is 0 Å². The topological polar surface area (TPSA) is 102 Å². The lowest BCUT2D eigenvalue weighted by Gasteiger charge is -2.11. The lowest BCUT2D eigenvalue weighted by atomic mass is 10.3. The molecule has 0 saturated carbocycles. The Hall–Kier alpha value is -2.64. The maximum absolute atomic E-state index is 12.3. The molecule has 0 bridgehead atoms. The minimum atomic E-state index is -1.05. The van der Waals surface area contributed by atoms with Gasteiger partial charge in [-0.2, -0.15) is 10.2 Å². The molecular formula is C13H17N5O3. The van der Waals surface area contributed by atoms with Crippen molar-refractivity contribution in [3.8, 4) is 0 Å². The van der Waals surface area contributed by atoms with Crippen molar-refractivity contribution in [2.75, 3.05) is 5.32 Å². The minimum absolute atomic E-state index is 0.188. The standard InChI is InChI=1S/C13H17N5O3/c1-4-17-7-10(8(2)16-17)15-12(19)11-5-6-14-18(11)9(3)13(20)21/h5-7,9H,4H2,1-3H3,(H,15,19)(H,20,21). The van der Waals surface area contributed by atoms with Gasteiger partial charge in [-0.3, -0.25) is 9.48 Å². The van der Waals surface area contributed by atoms with Gasteiger partial charge in [0, 0.05) is 18.9 Å². The van der Waals surface area contributed by atoms with Gasteiger partial charge in [-0.15, -0.1) is 0 Å². The fraction of sp³-hybridized carbons (Fsp3) is 0.385. The minimum Gasteiger partial charge on any atom is -0.480 e. The molecule has 0 fully saturated rings. The zero-order valence-electron chi connectivity index (χ0n) is 12.1. The zero-order valence-corrected chi connectivity index (χ0v) is 12.1. The van der Waals surface area contributed by atoms with Crippen molar-refractivity contribution in [1.82, 2.24) is 19.6 Å². The van der Waals surface area contributed by atoms with Crippen LogP contribution in [-0.4, -0.2) is 36.5 Å². The number of hydrogen-bond donors (Lipinski definition) is 2. The summed E-state index contributed by atoms with van der Waals surface area (Å²) in [6, 6.07) is 0.564. The molecule has 8 heteroatoms. The summed E-state index contributed by atoms with van der Waals surface area (Å²) in [5.41, 5.74) is 1.48. The first-order chi connectivity index (χ1) is 9.93. The van der Waals surface area contributed by atoms with Crippen molar-refractivity contribution in [2.24, 2.45) is 0 Å². The van der Waals surface area contributed by atoms with Crippen molar-refractivity contribution >= 4 is 17.6 Å². The van der Waals surface area contributed by atoms with Gasteiger partial charge in [0.05, 0.1) is 11.4 Å². The fourth-order valence-electron chi connectivity index (χ4n) is 1.90. The number of rotatable bonds is 5. The van der Waals surface area contributed by atoms with Crippen molar-refractivity contribution < 1.29 is 14.7 Å². The third kappa shape index (κ3) is 2.93. The maximum atomic E-state index is 12.3. The Labute approximate surface area is 121 Å². The van der Waals surface area contributed by atoms with Crippen LogP contribution in [-0.2, 0) is 11.3 Å². The number of carboxylic acids is 1. The first-order valence-corrected chi connectivity index (χ1v) is 6.55. The van der Waals surface area contributed by atoms with E-state index < -0.39 is 17.9 Å². The highest BCUT2D eigenvalue weighted by molar-refractivity contribution is 6.03. The Kier molecular flexibility index (Phi) is 4.06. The van der Waals surface area contributed by atoms with E-state index in [1.54, 1.807) is 17.8 Å². The first kappa shape index (κ1) is 14.8. The van der Waals surface area contributed by atoms with Crippen molar-refractivity contribution in [3.63, 3.8) is 0 Å². The number of aromatic nitrogens is 4. The summed E-state index contributed by atoms with van der Waals surface area (Å²) in [7, 11) is 0. The number of carboxylic acid groups (broad SMARTS) is 1. The van der Waals surface area contributed by atoms with E-state index in [-0.39, 0.29) is 5.69 Å². The molecule has 1 amide bonds. The van der Waals surface area contributed by atoms with E-state index in [0.29, 0.717) is 17.9 Å². The molecule has 2 rings (SSSR count). The van der Waals surface area contributed by atoms with Gasteiger partial charge < -0.3 is 10.4 Å². The number of carbonyl (C=O) groups is 2. The summed E-state index contributed by atoms with van der Waals surface area (Å²) >= 11 is 0. The first-order valence-electron chi connectivity index (χ1n) is 6.55. The summed E-state index contributed by atoms with van der Waals surface area (Å²) in [6.45, 7) is 5.90. The van der Waals surface area contributed by atoms with Crippen LogP contribution in [0.25, 0.3) is 0 Å².